The highest BCUT2D eigenvalue weighted by Gasteiger charge is 2.52. The van der Waals surface area contributed by atoms with Crippen LogP contribution in [0.5, 0.6) is 0 Å². The summed E-state index contributed by atoms with van der Waals surface area (Å²) in [5.41, 5.74) is 1.76. The standard InChI is InChI=1S/C12H15N3O2/c1-7-2-3-8(4-11(7)15(16)17)14-12-9-5-13-6-10(9)12/h2-4,9-10,12-14H,5-6H2,1H3. The largest absolute Gasteiger partial charge is 0.381 e. The number of fused-ring (bicyclic) bond motifs is 1. The van der Waals surface area contributed by atoms with Crippen molar-refractivity contribution in [2.75, 3.05) is 18.4 Å². The summed E-state index contributed by atoms with van der Waals surface area (Å²) in [7, 11) is 0. The highest BCUT2D eigenvalue weighted by atomic mass is 16.6. The van der Waals surface area contributed by atoms with Crippen LogP contribution in [0.4, 0.5) is 11.4 Å². The van der Waals surface area contributed by atoms with Crippen LogP contribution in [0, 0.1) is 28.9 Å². The van der Waals surface area contributed by atoms with Gasteiger partial charge in [-0.25, -0.2) is 0 Å². The first-order valence-electron chi connectivity index (χ1n) is 5.89. The third-order valence-corrected chi connectivity index (χ3v) is 3.83. The molecule has 5 nitrogen and oxygen atoms in total. The van der Waals surface area contributed by atoms with Gasteiger partial charge in [-0.3, -0.25) is 10.1 Å². The lowest BCUT2D eigenvalue weighted by Crippen LogP contribution is -2.21. The molecule has 1 heterocycles. The van der Waals surface area contributed by atoms with Crippen LogP contribution in [-0.4, -0.2) is 24.1 Å². The third kappa shape index (κ3) is 1.76. The molecule has 1 saturated heterocycles. The van der Waals surface area contributed by atoms with Gasteiger partial charge in [0, 0.05) is 36.4 Å². The topological polar surface area (TPSA) is 67.2 Å². The van der Waals surface area contributed by atoms with Crippen LogP contribution in [0.2, 0.25) is 0 Å². The number of benzene rings is 1. The van der Waals surface area contributed by atoms with E-state index < -0.39 is 0 Å². The van der Waals surface area contributed by atoms with E-state index in [0.717, 1.165) is 18.8 Å². The average Bonchev–Trinajstić information content (AvgIpc) is 2.75. The van der Waals surface area contributed by atoms with Crippen molar-refractivity contribution in [2.24, 2.45) is 11.8 Å². The zero-order valence-electron chi connectivity index (χ0n) is 9.64. The molecule has 1 saturated carbocycles. The smallest absolute Gasteiger partial charge is 0.274 e. The number of piperidine rings is 1. The number of hydrogen-bond acceptors (Lipinski definition) is 4. The van der Waals surface area contributed by atoms with Crippen LogP contribution in [0.15, 0.2) is 18.2 Å². The van der Waals surface area contributed by atoms with E-state index in [-0.39, 0.29) is 10.6 Å². The second kappa shape index (κ2) is 3.70. The summed E-state index contributed by atoms with van der Waals surface area (Å²) < 4.78 is 0. The molecule has 2 N–H and O–H groups in total. The van der Waals surface area contributed by atoms with Gasteiger partial charge in [0.05, 0.1) is 4.92 Å². The van der Waals surface area contributed by atoms with Gasteiger partial charge >= 0.3 is 0 Å². The molecule has 5 heteroatoms. The third-order valence-electron chi connectivity index (χ3n) is 3.83. The van der Waals surface area contributed by atoms with Crippen molar-refractivity contribution in [1.82, 2.24) is 5.32 Å². The van der Waals surface area contributed by atoms with Crippen molar-refractivity contribution >= 4 is 11.4 Å². The summed E-state index contributed by atoms with van der Waals surface area (Å²) in [5, 5.41) is 17.6. The first-order chi connectivity index (χ1) is 8.16. The molecule has 90 valence electrons. The van der Waals surface area contributed by atoms with Crippen molar-refractivity contribution in [3.05, 3.63) is 33.9 Å². The zero-order valence-corrected chi connectivity index (χ0v) is 9.64. The van der Waals surface area contributed by atoms with Crippen molar-refractivity contribution < 1.29 is 4.92 Å². The number of nitrogens with one attached hydrogen (secondary N) is 2. The Bertz CT molecular complexity index is 465. The highest BCUT2D eigenvalue weighted by molar-refractivity contribution is 5.56. The fraction of sp³-hybridized carbons (Fsp3) is 0.500. The Labute approximate surface area is 99.4 Å². The van der Waals surface area contributed by atoms with Crippen molar-refractivity contribution in [2.45, 2.75) is 13.0 Å². The SMILES string of the molecule is Cc1ccc(NC2C3CNCC32)cc1[N+](=O)[O-]. The van der Waals surface area contributed by atoms with Gasteiger partial charge in [0.15, 0.2) is 0 Å². The van der Waals surface area contributed by atoms with Crippen LogP contribution in [0.25, 0.3) is 0 Å². The Morgan fingerprint density at radius 2 is 2.12 bits per heavy atom. The molecule has 2 fully saturated rings. The molecule has 0 amide bonds. The van der Waals surface area contributed by atoms with Crippen LogP contribution in [0.3, 0.4) is 0 Å². The molecule has 1 aromatic rings. The van der Waals surface area contributed by atoms with E-state index in [2.05, 4.69) is 10.6 Å². The molecule has 0 radical (unpaired) electrons. The van der Waals surface area contributed by atoms with Gasteiger partial charge < -0.3 is 10.6 Å². The number of nitro groups is 1. The number of nitro benzene ring substituents is 1. The minimum absolute atomic E-state index is 0.193. The Kier molecular flexibility index (Phi) is 2.29. The van der Waals surface area contributed by atoms with E-state index in [0.29, 0.717) is 23.4 Å². The number of anilines is 1. The first kappa shape index (κ1) is 10.5. The summed E-state index contributed by atoms with van der Waals surface area (Å²) in [5.74, 6) is 1.41. The summed E-state index contributed by atoms with van der Waals surface area (Å²) in [6.45, 7) is 3.89. The Morgan fingerprint density at radius 1 is 1.41 bits per heavy atom. The van der Waals surface area contributed by atoms with Crippen molar-refractivity contribution in [3.63, 3.8) is 0 Å². The van der Waals surface area contributed by atoms with Crippen molar-refractivity contribution in [3.8, 4) is 0 Å². The van der Waals surface area contributed by atoms with Gasteiger partial charge in [0.2, 0.25) is 0 Å². The molecule has 17 heavy (non-hydrogen) atoms. The van der Waals surface area contributed by atoms with Gasteiger partial charge in [-0.2, -0.15) is 0 Å². The van der Waals surface area contributed by atoms with E-state index in [4.69, 9.17) is 0 Å². The van der Waals surface area contributed by atoms with Gasteiger partial charge in [-0.05, 0) is 24.8 Å². The minimum Gasteiger partial charge on any atom is -0.381 e. The molecular formula is C12H15N3O2. The molecule has 0 spiro atoms. The lowest BCUT2D eigenvalue weighted by atomic mass is 10.2. The summed E-state index contributed by atoms with van der Waals surface area (Å²) in [4.78, 5) is 10.5. The fourth-order valence-electron chi connectivity index (χ4n) is 2.72. The Hall–Kier alpha value is -1.62. The van der Waals surface area contributed by atoms with E-state index in [9.17, 15) is 10.1 Å². The quantitative estimate of drug-likeness (QED) is 0.613. The van der Waals surface area contributed by atoms with E-state index in [1.807, 2.05) is 6.07 Å². The second-order valence-electron chi connectivity index (χ2n) is 4.91. The summed E-state index contributed by atoms with van der Waals surface area (Å²) in [6, 6.07) is 5.86. The second-order valence-corrected chi connectivity index (χ2v) is 4.91. The van der Waals surface area contributed by atoms with E-state index >= 15 is 0 Å². The Morgan fingerprint density at radius 3 is 2.76 bits per heavy atom. The van der Waals surface area contributed by atoms with Gasteiger partial charge in [0.1, 0.15) is 0 Å². The molecule has 2 aliphatic rings. The van der Waals surface area contributed by atoms with Gasteiger partial charge in [-0.15, -0.1) is 0 Å². The minimum atomic E-state index is -0.324. The predicted octanol–water partition coefficient (Wildman–Crippen LogP) is 1.53. The van der Waals surface area contributed by atoms with Crippen molar-refractivity contribution in [1.29, 1.82) is 0 Å². The molecule has 0 bridgehead atoms. The monoisotopic (exact) mass is 233 g/mol. The summed E-state index contributed by atoms with van der Waals surface area (Å²) >= 11 is 0. The number of nitrogens with zero attached hydrogens (tertiary/aromatic N) is 1. The fourth-order valence-corrected chi connectivity index (χ4v) is 2.72. The van der Waals surface area contributed by atoms with E-state index in [1.165, 1.54) is 0 Å². The predicted molar refractivity (Wildman–Crippen MR) is 65.1 cm³/mol. The zero-order chi connectivity index (χ0) is 12.0. The van der Waals surface area contributed by atoms with Crippen LogP contribution in [-0.2, 0) is 0 Å². The molecule has 2 unspecified atom stereocenters. The molecule has 3 rings (SSSR count). The van der Waals surface area contributed by atoms with Gasteiger partial charge in [0.25, 0.3) is 5.69 Å². The van der Waals surface area contributed by atoms with Crippen LogP contribution < -0.4 is 10.6 Å². The van der Waals surface area contributed by atoms with Crippen LogP contribution in [0.1, 0.15) is 5.56 Å². The van der Waals surface area contributed by atoms with Crippen LogP contribution >= 0.6 is 0 Å². The number of aryl methyl sites for hydroxylation is 1. The Balaban J connectivity index is 1.75. The normalized spacial score (nSPS) is 29.8. The average molecular weight is 233 g/mol. The maximum Gasteiger partial charge on any atom is 0.274 e. The number of hydrogen-bond donors (Lipinski definition) is 2. The molecular weight excluding hydrogens is 218 g/mol. The lowest BCUT2D eigenvalue weighted by Gasteiger charge is -2.09. The molecule has 2 atom stereocenters. The molecule has 1 aliphatic carbocycles. The molecule has 0 aromatic heterocycles. The molecule has 1 aliphatic heterocycles. The summed E-state index contributed by atoms with van der Waals surface area (Å²) in [6.07, 6.45) is 0. The van der Waals surface area contributed by atoms with Gasteiger partial charge in [-0.1, -0.05) is 6.07 Å². The molecule has 1 aromatic carbocycles. The maximum atomic E-state index is 10.8. The highest BCUT2D eigenvalue weighted by Crippen LogP contribution is 2.44. The van der Waals surface area contributed by atoms with E-state index in [1.54, 1.807) is 19.1 Å². The maximum absolute atomic E-state index is 10.8. The first-order valence-corrected chi connectivity index (χ1v) is 5.89. The lowest BCUT2D eigenvalue weighted by molar-refractivity contribution is -0.385. The number of rotatable bonds is 3.